The molecule has 0 saturated carbocycles. The molecule has 0 heteroatoms. The van der Waals surface area contributed by atoms with Gasteiger partial charge in [-0.25, -0.2) is 0 Å². The maximum Gasteiger partial charge on any atom is -0.0533 e. The number of rotatable bonds is 20. The second kappa shape index (κ2) is 48.4. The van der Waals surface area contributed by atoms with E-state index in [1.807, 2.05) is 0 Å². The second-order valence-corrected chi connectivity index (χ2v) is 9.66. The first-order valence-corrected chi connectivity index (χ1v) is 15.7. The molecule has 0 unspecified atom stereocenters. The van der Waals surface area contributed by atoms with E-state index >= 15 is 0 Å². The predicted molar refractivity (Wildman–Crippen MR) is 156 cm³/mol. The lowest BCUT2D eigenvalue weighted by molar-refractivity contribution is 0.562. The SMILES string of the molecule is CCCCC.CCCCCCC.CCCCCCCC.CCCCCCCCCCCC. The highest BCUT2D eigenvalue weighted by Crippen LogP contribution is 2.10. The molecular weight excluding hydrogens is 384 g/mol. The van der Waals surface area contributed by atoms with Crippen LogP contribution in [0.2, 0.25) is 0 Å². The first-order valence-electron chi connectivity index (χ1n) is 15.7. The van der Waals surface area contributed by atoms with Gasteiger partial charge < -0.3 is 0 Å². The van der Waals surface area contributed by atoms with Crippen LogP contribution in [0.3, 0.4) is 0 Å². The van der Waals surface area contributed by atoms with Crippen LogP contribution in [0.1, 0.15) is 209 Å². The average molecular weight is 457 g/mol. The van der Waals surface area contributed by atoms with Crippen LogP contribution in [-0.2, 0) is 0 Å². The van der Waals surface area contributed by atoms with Crippen molar-refractivity contribution >= 4 is 0 Å². The van der Waals surface area contributed by atoms with Crippen molar-refractivity contribution in [3.8, 4) is 0 Å². The Morgan fingerprint density at radius 3 is 0.406 bits per heavy atom. The third kappa shape index (κ3) is 63.1. The molecule has 0 aromatic heterocycles. The quantitative estimate of drug-likeness (QED) is 0.160. The minimum atomic E-state index is 1.34. The maximum absolute atomic E-state index is 2.28. The van der Waals surface area contributed by atoms with Crippen LogP contribution in [0.15, 0.2) is 0 Å². The molecule has 0 bridgehead atoms. The molecule has 0 aromatic rings. The highest BCUT2D eigenvalue weighted by molar-refractivity contribution is 4.45. The lowest BCUT2D eigenvalue weighted by Crippen LogP contribution is -1.80. The lowest BCUT2D eigenvalue weighted by Gasteiger charge is -1.99. The molecule has 0 aromatic carbocycles. The van der Waals surface area contributed by atoms with Gasteiger partial charge in [-0.15, -0.1) is 0 Å². The smallest absolute Gasteiger partial charge is 0.0533 e. The van der Waals surface area contributed by atoms with Gasteiger partial charge in [-0.05, 0) is 0 Å². The van der Waals surface area contributed by atoms with Gasteiger partial charge in [-0.2, -0.15) is 0 Å². The van der Waals surface area contributed by atoms with Crippen LogP contribution in [-0.4, -0.2) is 0 Å². The molecular formula is C32H72. The van der Waals surface area contributed by atoms with Crippen LogP contribution in [0.25, 0.3) is 0 Å². The monoisotopic (exact) mass is 457 g/mol. The molecule has 0 aliphatic heterocycles. The molecule has 0 rings (SSSR count). The van der Waals surface area contributed by atoms with E-state index in [1.54, 1.807) is 0 Å². The summed E-state index contributed by atoms with van der Waals surface area (Å²) in [5.41, 5.74) is 0. The largest absolute Gasteiger partial charge is 0.0654 e. The third-order valence-electron chi connectivity index (χ3n) is 5.83. The summed E-state index contributed by atoms with van der Waals surface area (Å²) in [5.74, 6) is 0. The summed E-state index contributed by atoms with van der Waals surface area (Å²) in [7, 11) is 0. The van der Waals surface area contributed by atoms with Gasteiger partial charge in [0.2, 0.25) is 0 Å². The molecule has 0 nitrogen and oxygen atoms in total. The lowest BCUT2D eigenvalue weighted by atomic mass is 10.1. The molecule has 200 valence electrons. The maximum atomic E-state index is 2.28. The molecule has 0 saturated heterocycles. The normalized spacial score (nSPS) is 9.75. The van der Waals surface area contributed by atoms with Gasteiger partial charge in [-0.3, -0.25) is 0 Å². The van der Waals surface area contributed by atoms with E-state index < -0.39 is 0 Å². The van der Waals surface area contributed by atoms with Crippen LogP contribution >= 0.6 is 0 Å². The zero-order chi connectivity index (χ0) is 25.0. The van der Waals surface area contributed by atoms with E-state index in [9.17, 15) is 0 Å². The Labute approximate surface area is 209 Å². The van der Waals surface area contributed by atoms with E-state index in [0.717, 1.165) is 0 Å². The van der Waals surface area contributed by atoms with Gasteiger partial charge in [0.25, 0.3) is 0 Å². The first kappa shape index (κ1) is 39.2. The van der Waals surface area contributed by atoms with Crippen molar-refractivity contribution in [2.24, 2.45) is 0 Å². The van der Waals surface area contributed by atoms with Gasteiger partial charge in [0, 0.05) is 0 Å². The second-order valence-electron chi connectivity index (χ2n) is 9.66. The molecule has 0 aliphatic rings. The van der Waals surface area contributed by atoms with Crippen LogP contribution in [0, 0.1) is 0 Å². The molecule has 0 atom stereocenters. The Balaban J connectivity index is -0.000000172. The van der Waals surface area contributed by atoms with Crippen molar-refractivity contribution in [3.05, 3.63) is 0 Å². The summed E-state index contributed by atoms with van der Waals surface area (Å²) in [6.45, 7) is 18.0. The fourth-order valence-corrected chi connectivity index (χ4v) is 3.44. The van der Waals surface area contributed by atoms with Crippen LogP contribution < -0.4 is 0 Å². The predicted octanol–water partition coefficient (Wildman–Crippen LogP) is 13.5. The van der Waals surface area contributed by atoms with Gasteiger partial charge in [-0.1, -0.05) is 209 Å². The first-order chi connectivity index (χ1) is 15.7. The standard InChI is InChI=1S/C12H26.C8H18.C7H16.C5H12/c1-3-5-7-9-11-12-10-8-6-4-2;1-3-5-7-8-6-4-2;1-3-5-7-6-4-2;1-3-5-4-2/h3-12H2,1-2H3;3-8H2,1-2H3;3-7H2,1-2H3;3-5H2,1-2H3. The van der Waals surface area contributed by atoms with Crippen molar-refractivity contribution in [1.29, 1.82) is 0 Å². The molecule has 32 heavy (non-hydrogen) atoms. The van der Waals surface area contributed by atoms with Crippen molar-refractivity contribution in [1.82, 2.24) is 0 Å². The highest BCUT2D eigenvalue weighted by atomic mass is 14.0. The average Bonchev–Trinajstić information content (AvgIpc) is 2.81. The van der Waals surface area contributed by atoms with Gasteiger partial charge in [0.05, 0.1) is 0 Å². The van der Waals surface area contributed by atoms with E-state index in [-0.39, 0.29) is 0 Å². The molecule has 0 N–H and O–H groups in total. The zero-order valence-electron chi connectivity index (χ0n) is 25.0. The van der Waals surface area contributed by atoms with Crippen molar-refractivity contribution < 1.29 is 0 Å². The fraction of sp³-hybridized carbons (Fsp3) is 1.00. The topological polar surface area (TPSA) is 0 Å². The Morgan fingerprint density at radius 1 is 0.156 bits per heavy atom. The summed E-state index contributed by atoms with van der Waals surface area (Å²) in [4.78, 5) is 0. The highest BCUT2D eigenvalue weighted by Gasteiger charge is 1.90. The Hall–Kier alpha value is 0. The summed E-state index contributed by atoms with van der Waals surface area (Å²) in [6, 6.07) is 0. The summed E-state index contributed by atoms with van der Waals surface area (Å²) in [6.07, 6.45) is 34.0. The van der Waals surface area contributed by atoms with Gasteiger partial charge in [0.15, 0.2) is 0 Å². The number of hydrogen-bond donors (Lipinski definition) is 0. The van der Waals surface area contributed by atoms with Gasteiger partial charge >= 0.3 is 0 Å². The summed E-state index contributed by atoms with van der Waals surface area (Å²) >= 11 is 0. The Bertz CT molecular complexity index is 198. The minimum absolute atomic E-state index is 1.34. The summed E-state index contributed by atoms with van der Waals surface area (Å²) < 4.78 is 0. The van der Waals surface area contributed by atoms with Crippen LogP contribution in [0.4, 0.5) is 0 Å². The van der Waals surface area contributed by atoms with Crippen molar-refractivity contribution in [2.75, 3.05) is 0 Å². The molecule has 0 radical (unpaired) electrons. The number of hydrogen-bond acceptors (Lipinski definition) is 0. The van der Waals surface area contributed by atoms with Crippen LogP contribution in [0.5, 0.6) is 0 Å². The van der Waals surface area contributed by atoms with E-state index in [1.165, 1.54) is 154 Å². The van der Waals surface area contributed by atoms with E-state index in [2.05, 4.69) is 55.4 Å². The minimum Gasteiger partial charge on any atom is -0.0654 e. The Morgan fingerprint density at radius 2 is 0.281 bits per heavy atom. The third-order valence-corrected chi connectivity index (χ3v) is 5.83. The van der Waals surface area contributed by atoms with Gasteiger partial charge in [0.1, 0.15) is 0 Å². The molecule has 0 fully saturated rings. The number of unbranched alkanes of at least 4 members (excludes halogenated alkanes) is 20. The van der Waals surface area contributed by atoms with E-state index in [0.29, 0.717) is 0 Å². The van der Waals surface area contributed by atoms with Crippen molar-refractivity contribution in [2.45, 2.75) is 209 Å². The van der Waals surface area contributed by atoms with E-state index in [4.69, 9.17) is 0 Å². The molecule has 0 heterocycles. The Kier molecular flexibility index (Phi) is 59.4. The molecule has 0 spiro atoms. The summed E-state index contributed by atoms with van der Waals surface area (Å²) in [5, 5.41) is 0. The fourth-order valence-electron chi connectivity index (χ4n) is 3.44. The molecule has 0 aliphatic carbocycles. The molecule has 0 amide bonds. The zero-order valence-corrected chi connectivity index (χ0v) is 25.0. The van der Waals surface area contributed by atoms with Crippen molar-refractivity contribution in [3.63, 3.8) is 0 Å².